The molecule has 0 aliphatic carbocycles. The van der Waals surface area contributed by atoms with E-state index in [-0.39, 0.29) is 5.82 Å². The van der Waals surface area contributed by atoms with Crippen LogP contribution in [0.5, 0.6) is 0 Å². The van der Waals surface area contributed by atoms with Crippen molar-refractivity contribution in [3.63, 3.8) is 0 Å². The standard InChI is InChI=1S/C12H17FN2/c1-8(14-2)6-9-7-10-11(13)4-3-5-12(10)15-9/h3-5,8-9,14-15H,6-7H2,1-2H3. The largest absolute Gasteiger partial charge is 0.382 e. The first-order valence-electron chi connectivity index (χ1n) is 5.42. The maximum atomic E-state index is 13.4. The number of benzene rings is 1. The predicted octanol–water partition coefficient (Wildman–Crippen LogP) is 2.16. The number of halogens is 1. The molecular formula is C12H17FN2. The molecular weight excluding hydrogens is 191 g/mol. The minimum Gasteiger partial charge on any atom is -0.382 e. The molecule has 0 saturated heterocycles. The number of hydrogen-bond acceptors (Lipinski definition) is 2. The summed E-state index contributed by atoms with van der Waals surface area (Å²) >= 11 is 0. The van der Waals surface area contributed by atoms with Crippen LogP contribution in [0.25, 0.3) is 0 Å². The van der Waals surface area contributed by atoms with E-state index in [0.717, 1.165) is 24.1 Å². The Morgan fingerprint density at radius 1 is 1.60 bits per heavy atom. The zero-order valence-corrected chi connectivity index (χ0v) is 9.18. The highest BCUT2D eigenvalue weighted by Gasteiger charge is 2.23. The van der Waals surface area contributed by atoms with E-state index in [1.165, 1.54) is 6.07 Å². The average Bonchev–Trinajstić information content (AvgIpc) is 2.62. The van der Waals surface area contributed by atoms with Gasteiger partial charge in [0, 0.05) is 23.3 Å². The summed E-state index contributed by atoms with van der Waals surface area (Å²) in [4.78, 5) is 0. The van der Waals surface area contributed by atoms with Gasteiger partial charge in [-0.25, -0.2) is 4.39 Å². The smallest absolute Gasteiger partial charge is 0.128 e. The van der Waals surface area contributed by atoms with Gasteiger partial charge in [-0.2, -0.15) is 0 Å². The Bertz CT molecular complexity index is 351. The van der Waals surface area contributed by atoms with Crippen LogP contribution in [-0.4, -0.2) is 19.1 Å². The maximum Gasteiger partial charge on any atom is 0.128 e. The van der Waals surface area contributed by atoms with Gasteiger partial charge in [-0.3, -0.25) is 0 Å². The van der Waals surface area contributed by atoms with Crippen LogP contribution in [-0.2, 0) is 6.42 Å². The molecule has 2 rings (SSSR count). The Labute approximate surface area is 89.9 Å². The highest BCUT2D eigenvalue weighted by molar-refractivity contribution is 5.57. The van der Waals surface area contributed by atoms with E-state index in [1.807, 2.05) is 13.1 Å². The first kappa shape index (κ1) is 10.4. The summed E-state index contributed by atoms with van der Waals surface area (Å²) in [7, 11) is 1.95. The lowest BCUT2D eigenvalue weighted by Crippen LogP contribution is -2.29. The monoisotopic (exact) mass is 208 g/mol. The van der Waals surface area contributed by atoms with Gasteiger partial charge in [0.25, 0.3) is 0 Å². The van der Waals surface area contributed by atoms with Crippen molar-refractivity contribution >= 4 is 5.69 Å². The zero-order chi connectivity index (χ0) is 10.8. The fraction of sp³-hybridized carbons (Fsp3) is 0.500. The van der Waals surface area contributed by atoms with E-state index in [1.54, 1.807) is 6.07 Å². The van der Waals surface area contributed by atoms with Crippen LogP contribution in [0.15, 0.2) is 18.2 Å². The van der Waals surface area contributed by atoms with Gasteiger partial charge in [0.2, 0.25) is 0 Å². The summed E-state index contributed by atoms with van der Waals surface area (Å²) in [5, 5.41) is 6.56. The molecule has 82 valence electrons. The number of hydrogen-bond donors (Lipinski definition) is 2. The van der Waals surface area contributed by atoms with Crippen LogP contribution in [0, 0.1) is 5.82 Å². The summed E-state index contributed by atoms with van der Waals surface area (Å²) in [6.45, 7) is 2.14. The number of rotatable bonds is 3. The summed E-state index contributed by atoms with van der Waals surface area (Å²) in [6.07, 6.45) is 1.82. The fourth-order valence-electron chi connectivity index (χ4n) is 2.11. The van der Waals surface area contributed by atoms with Crippen molar-refractivity contribution < 1.29 is 4.39 Å². The molecule has 0 radical (unpaired) electrons. The molecule has 3 heteroatoms. The first-order valence-corrected chi connectivity index (χ1v) is 5.42. The molecule has 1 heterocycles. The second kappa shape index (κ2) is 4.19. The van der Waals surface area contributed by atoms with Gasteiger partial charge in [-0.15, -0.1) is 0 Å². The Kier molecular flexibility index (Phi) is 2.91. The van der Waals surface area contributed by atoms with E-state index in [4.69, 9.17) is 0 Å². The first-order chi connectivity index (χ1) is 7.20. The molecule has 0 aromatic heterocycles. The molecule has 0 saturated carbocycles. The molecule has 1 aromatic carbocycles. The predicted molar refractivity (Wildman–Crippen MR) is 60.7 cm³/mol. The molecule has 0 fully saturated rings. The third kappa shape index (κ3) is 2.12. The van der Waals surface area contributed by atoms with Crippen molar-refractivity contribution in [2.45, 2.75) is 31.8 Å². The molecule has 15 heavy (non-hydrogen) atoms. The summed E-state index contributed by atoms with van der Waals surface area (Å²) in [5.74, 6) is -0.0837. The fourth-order valence-corrected chi connectivity index (χ4v) is 2.11. The van der Waals surface area contributed by atoms with E-state index < -0.39 is 0 Å². The highest BCUT2D eigenvalue weighted by Crippen LogP contribution is 2.29. The normalized spacial score (nSPS) is 20.9. The van der Waals surface area contributed by atoms with E-state index >= 15 is 0 Å². The van der Waals surface area contributed by atoms with Crippen LogP contribution in [0.3, 0.4) is 0 Å². The maximum absolute atomic E-state index is 13.4. The van der Waals surface area contributed by atoms with Crippen molar-refractivity contribution in [1.29, 1.82) is 0 Å². The minimum atomic E-state index is -0.0837. The topological polar surface area (TPSA) is 24.1 Å². The quantitative estimate of drug-likeness (QED) is 0.795. The zero-order valence-electron chi connectivity index (χ0n) is 9.18. The number of anilines is 1. The molecule has 1 aliphatic rings. The van der Waals surface area contributed by atoms with Crippen LogP contribution in [0.4, 0.5) is 10.1 Å². The Morgan fingerprint density at radius 3 is 3.07 bits per heavy atom. The van der Waals surface area contributed by atoms with Crippen LogP contribution in [0.2, 0.25) is 0 Å². The van der Waals surface area contributed by atoms with Crippen molar-refractivity contribution in [2.24, 2.45) is 0 Å². The third-order valence-electron chi connectivity index (χ3n) is 3.06. The van der Waals surface area contributed by atoms with Crippen molar-refractivity contribution in [1.82, 2.24) is 5.32 Å². The van der Waals surface area contributed by atoms with Gasteiger partial charge in [-0.05, 0) is 38.9 Å². The molecule has 2 unspecified atom stereocenters. The Hall–Kier alpha value is -1.09. The van der Waals surface area contributed by atoms with Gasteiger partial charge < -0.3 is 10.6 Å². The van der Waals surface area contributed by atoms with E-state index in [0.29, 0.717) is 12.1 Å². The van der Waals surface area contributed by atoms with Crippen molar-refractivity contribution in [3.05, 3.63) is 29.6 Å². The number of fused-ring (bicyclic) bond motifs is 1. The molecule has 1 aromatic rings. The van der Waals surface area contributed by atoms with Crippen molar-refractivity contribution in [3.8, 4) is 0 Å². The summed E-state index contributed by atoms with van der Waals surface area (Å²) in [6, 6.07) is 6.05. The second-order valence-electron chi connectivity index (χ2n) is 4.24. The Balaban J connectivity index is 2.06. The lowest BCUT2D eigenvalue weighted by molar-refractivity contribution is 0.513. The molecule has 2 nitrogen and oxygen atoms in total. The van der Waals surface area contributed by atoms with Gasteiger partial charge in [0.1, 0.15) is 5.82 Å². The van der Waals surface area contributed by atoms with Crippen molar-refractivity contribution in [2.75, 3.05) is 12.4 Å². The Morgan fingerprint density at radius 2 is 2.40 bits per heavy atom. The average molecular weight is 208 g/mol. The number of nitrogens with one attached hydrogen (secondary N) is 2. The van der Waals surface area contributed by atoms with E-state index in [2.05, 4.69) is 17.6 Å². The van der Waals surface area contributed by atoms with Crippen LogP contribution in [0.1, 0.15) is 18.9 Å². The van der Waals surface area contributed by atoms with Crippen LogP contribution < -0.4 is 10.6 Å². The highest BCUT2D eigenvalue weighted by atomic mass is 19.1. The summed E-state index contributed by atoms with van der Waals surface area (Å²) in [5.41, 5.74) is 1.80. The molecule has 2 N–H and O–H groups in total. The lowest BCUT2D eigenvalue weighted by atomic mass is 10.0. The SMILES string of the molecule is CNC(C)CC1Cc2c(F)cccc2N1. The molecule has 2 atom stereocenters. The lowest BCUT2D eigenvalue weighted by Gasteiger charge is -2.16. The second-order valence-corrected chi connectivity index (χ2v) is 4.24. The van der Waals surface area contributed by atoms with Crippen LogP contribution >= 0.6 is 0 Å². The molecule has 0 bridgehead atoms. The molecule has 0 amide bonds. The molecule has 0 spiro atoms. The third-order valence-corrected chi connectivity index (χ3v) is 3.06. The van der Waals surface area contributed by atoms with E-state index in [9.17, 15) is 4.39 Å². The van der Waals surface area contributed by atoms with Gasteiger partial charge in [0.05, 0.1) is 0 Å². The summed E-state index contributed by atoms with van der Waals surface area (Å²) < 4.78 is 13.4. The van der Waals surface area contributed by atoms with Gasteiger partial charge in [-0.1, -0.05) is 6.07 Å². The minimum absolute atomic E-state index is 0.0837. The van der Waals surface area contributed by atoms with Gasteiger partial charge in [0.15, 0.2) is 0 Å². The molecule has 1 aliphatic heterocycles. The van der Waals surface area contributed by atoms with Gasteiger partial charge >= 0.3 is 0 Å².